The Morgan fingerprint density at radius 1 is 1.04 bits per heavy atom. The summed E-state index contributed by atoms with van der Waals surface area (Å²) in [6, 6.07) is 16.2. The van der Waals surface area contributed by atoms with Gasteiger partial charge in [0.2, 0.25) is 10.0 Å². The Labute approximate surface area is 147 Å². The quantitative estimate of drug-likeness (QED) is 0.723. The highest BCUT2D eigenvalue weighted by molar-refractivity contribution is 7.89. The van der Waals surface area contributed by atoms with Gasteiger partial charge in [-0.05, 0) is 18.9 Å². The van der Waals surface area contributed by atoms with Crippen LogP contribution in [0.4, 0.5) is 0 Å². The molecule has 0 unspecified atom stereocenters. The zero-order valence-corrected chi connectivity index (χ0v) is 14.8. The molecule has 130 valence electrons. The summed E-state index contributed by atoms with van der Waals surface area (Å²) in [5.41, 5.74) is 2.81. The Balaban J connectivity index is 2.26. The summed E-state index contributed by atoms with van der Waals surface area (Å²) in [6.45, 7) is 2.09. The lowest BCUT2D eigenvalue weighted by Gasteiger charge is -2.09. The van der Waals surface area contributed by atoms with Crippen molar-refractivity contribution in [3.63, 3.8) is 0 Å². The maximum atomic E-state index is 12.0. The summed E-state index contributed by atoms with van der Waals surface area (Å²) in [5.74, 6) is 0.558. The molecule has 0 aliphatic carbocycles. The predicted octanol–water partition coefficient (Wildman–Crippen LogP) is 4.00. The topological polar surface area (TPSA) is 86.2 Å². The molecule has 0 amide bonds. The normalized spacial score (nSPS) is 11.6. The van der Waals surface area contributed by atoms with E-state index in [-0.39, 0.29) is 4.90 Å². The molecule has 3 rings (SSSR count). The molecular weight excluding hydrogens is 336 g/mol. The number of primary sulfonamides is 1. The van der Waals surface area contributed by atoms with Gasteiger partial charge in [-0.2, -0.15) is 0 Å². The molecule has 0 radical (unpaired) electrons. The number of unbranched alkanes of at least 4 members (excludes halogenated alkanes) is 1. The van der Waals surface area contributed by atoms with Crippen molar-refractivity contribution in [2.75, 3.05) is 0 Å². The van der Waals surface area contributed by atoms with Crippen molar-refractivity contribution in [3.05, 3.63) is 60.3 Å². The van der Waals surface area contributed by atoms with Crippen LogP contribution in [0.5, 0.6) is 0 Å². The maximum Gasteiger partial charge on any atom is 0.238 e. The third kappa shape index (κ3) is 3.65. The standard InChI is InChI=1S/C19H20N2O3S/c1-2-3-12-16-18(15-11-7-8-13-17(15)25(20,22)23)19(24-21-16)14-9-5-4-6-10-14/h4-11,13H,2-3,12H2,1H3,(H2,20,22,23). The van der Waals surface area contributed by atoms with Gasteiger partial charge >= 0.3 is 0 Å². The summed E-state index contributed by atoms with van der Waals surface area (Å²) >= 11 is 0. The molecular formula is C19H20N2O3S. The van der Waals surface area contributed by atoms with Crippen molar-refractivity contribution in [2.45, 2.75) is 31.1 Å². The monoisotopic (exact) mass is 356 g/mol. The highest BCUT2D eigenvalue weighted by Crippen LogP contribution is 2.38. The van der Waals surface area contributed by atoms with Crippen molar-refractivity contribution in [3.8, 4) is 22.5 Å². The minimum Gasteiger partial charge on any atom is -0.355 e. The van der Waals surface area contributed by atoms with Gasteiger partial charge in [-0.1, -0.05) is 67.0 Å². The van der Waals surface area contributed by atoms with E-state index in [0.29, 0.717) is 23.3 Å². The molecule has 5 nitrogen and oxygen atoms in total. The summed E-state index contributed by atoms with van der Waals surface area (Å²) in [7, 11) is -3.87. The van der Waals surface area contributed by atoms with Crippen LogP contribution in [-0.2, 0) is 16.4 Å². The molecule has 25 heavy (non-hydrogen) atoms. The highest BCUT2D eigenvalue weighted by atomic mass is 32.2. The number of hydrogen-bond donors (Lipinski definition) is 1. The number of nitrogens with two attached hydrogens (primary N) is 1. The first-order valence-corrected chi connectivity index (χ1v) is 9.73. The van der Waals surface area contributed by atoms with Gasteiger partial charge in [-0.15, -0.1) is 0 Å². The minimum absolute atomic E-state index is 0.0770. The number of aryl methyl sites for hydroxylation is 1. The first-order valence-electron chi connectivity index (χ1n) is 8.18. The molecule has 0 spiro atoms. The first kappa shape index (κ1) is 17.4. The summed E-state index contributed by atoms with van der Waals surface area (Å²) in [5, 5.41) is 9.64. The molecule has 2 N–H and O–H groups in total. The lowest BCUT2D eigenvalue weighted by Crippen LogP contribution is -2.13. The summed E-state index contributed by atoms with van der Waals surface area (Å²) in [6.07, 6.45) is 2.65. The van der Waals surface area contributed by atoms with E-state index >= 15 is 0 Å². The molecule has 3 aromatic rings. The molecule has 0 aliphatic heterocycles. The minimum atomic E-state index is -3.87. The van der Waals surface area contributed by atoms with Crippen LogP contribution >= 0.6 is 0 Å². The van der Waals surface area contributed by atoms with Gasteiger partial charge in [0.15, 0.2) is 5.76 Å². The van der Waals surface area contributed by atoms with Crippen molar-refractivity contribution >= 4 is 10.0 Å². The van der Waals surface area contributed by atoms with E-state index in [2.05, 4.69) is 12.1 Å². The molecule has 0 atom stereocenters. The number of sulfonamides is 1. The number of hydrogen-bond acceptors (Lipinski definition) is 4. The Hall–Kier alpha value is -2.44. The fourth-order valence-electron chi connectivity index (χ4n) is 2.82. The number of benzene rings is 2. The van der Waals surface area contributed by atoms with Gasteiger partial charge in [0.25, 0.3) is 0 Å². The van der Waals surface area contributed by atoms with Crippen LogP contribution in [0.15, 0.2) is 64.0 Å². The highest BCUT2D eigenvalue weighted by Gasteiger charge is 2.24. The zero-order chi connectivity index (χ0) is 17.9. The van der Waals surface area contributed by atoms with Crippen LogP contribution in [0.3, 0.4) is 0 Å². The zero-order valence-electron chi connectivity index (χ0n) is 14.0. The number of aromatic nitrogens is 1. The average molecular weight is 356 g/mol. The van der Waals surface area contributed by atoms with E-state index in [1.54, 1.807) is 18.2 Å². The Bertz CT molecular complexity index is 963. The summed E-state index contributed by atoms with van der Waals surface area (Å²) < 4.78 is 29.7. The van der Waals surface area contributed by atoms with Gasteiger partial charge in [-0.3, -0.25) is 0 Å². The summed E-state index contributed by atoms with van der Waals surface area (Å²) in [4.78, 5) is 0.0770. The molecule has 0 fully saturated rings. The number of rotatable bonds is 6. The lowest BCUT2D eigenvalue weighted by molar-refractivity contribution is 0.422. The van der Waals surface area contributed by atoms with E-state index in [1.807, 2.05) is 30.3 Å². The fraction of sp³-hybridized carbons (Fsp3) is 0.211. The molecule has 2 aromatic carbocycles. The smallest absolute Gasteiger partial charge is 0.238 e. The van der Waals surface area contributed by atoms with Crippen LogP contribution in [0, 0.1) is 0 Å². The van der Waals surface area contributed by atoms with E-state index in [4.69, 9.17) is 9.66 Å². The van der Waals surface area contributed by atoms with Crippen LogP contribution in [0.1, 0.15) is 25.5 Å². The van der Waals surface area contributed by atoms with Crippen LogP contribution < -0.4 is 5.14 Å². The fourth-order valence-corrected chi connectivity index (χ4v) is 3.57. The van der Waals surface area contributed by atoms with Gasteiger partial charge in [0.1, 0.15) is 0 Å². The number of nitrogens with zero attached hydrogens (tertiary/aromatic N) is 1. The van der Waals surface area contributed by atoms with E-state index in [0.717, 1.165) is 24.1 Å². The van der Waals surface area contributed by atoms with E-state index in [9.17, 15) is 8.42 Å². The Morgan fingerprint density at radius 3 is 2.40 bits per heavy atom. The van der Waals surface area contributed by atoms with Crippen LogP contribution in [0.25, 0.3) is 22.5 Å². The molecule has 6 heteroatoms. The van der Waals surface area contributed by atoms with Gasteiger partial charge in [0, 0.05) is 11.1 Å². The van der Waals surface area contributed by atoms with Gasteiger partial charge in [-0.25, -0.2) is 13.6 Å². The largest absolute Gasteiger partial charge is 0.355 e. The molecule has 1 heterocycles. The van der Waals surface area contributed by atoms with Gasteiger partial charge < -0.3 is 4.52 Å². The van der Waals surface area contributed by atoms with Crippen molar-refractivity contribution < 1.29 is 12.9 Å². The molecule has 0 saturated carbocycles. The molecule has 0 aliphatic rings. The Morgan fingerprint density at radius 2 is 1.72 bits per heavy atom. The predicted molar refractivity (Wildman–Crippen MR) is 97.4 cm³/mol. The average Bonchev–Trinajstić information content (AvgIpc) is 3.03. The van der Waals surface area contributed by atoms with Crippen LogP contribution in [0.2, 0.25) is 0 Å². The van der Waals surface area contributed by atoms with Gasteiger partial charge in [0.05, 0.1) is 16.2 Å². The van der Waals surface area contributed by atoms with Crippen molar-refractivity contribution in [2.24, 2.45) is 5.14 Å². The SMILES string of the molecule is CCCCc1noc(-c2ccccc2)c1-c1ccccc1S(N)(=O)=O. The third-order valence-electron chi connectivity index (χ3n) is 4.03. The second-order valence-electron chi connectivity index (χ2n) is 5.84. The molecule has 1 aromatic heterocycles. The molecule has 0 bridgehead atoms. The second kappa shape index (κ2) is 7.21. The first-order chi connectivity index (χ1) is 12.0. The van der Waals surface area contributed by atoms with Crippen molar-refractivity contribution in [1.82, 2.24) is 5.16 Å². The Kier molecular flexibility index (Phi) is 5.01. The van der Waals surface area contributed by atoms with Crippen LogP contribution in [-0.4, -0.2) is 13.6 Å². The third-order valence-corrected chi connectivity index (χ3v) is 5.00. The van der Waals surface area contributed by atoms with E-state index in [1.165, 1.54) is 6.07 Å². The molecule has 0 saturated heterocycles. The maximum absolute atomic E-state index is 12.0. The lowest BCUT2D eigenvalue weighted by atomic mass is 9.97. The second-order valence-corrected chi connectivity index (χ2v) is 7.37. The van der Waals surface area contributed by atoms with E-state index < -0.39 is 10.0 Å². The van der Waals surface area contributed by atoms with Crippen molar-refractivity contribution in [1.29, 1.82) is 0 Å².